The maximum absolute atomic E-state index is 4.59. The molecule has 0 amide bonds. The molecule has 0 radical (unpaired) electrons. The van der Waals surface area contributed by atoms with Crippen LogP contribution < -0.4 is 0 Å². The van der Waals surface area contributed by atoms with Crippen molar-refractivity contribution in [3.63, 3.8) is 0 Å². The van der Waals surface area contributed by atoms with Gasteiger partial charge in [-0.3, -0.25) is 9.36 Å². The second-order valence-electron chi connectivity index (χ2n) is 4.63. The van der Waals surface area contributed by atoms with Crippen LogP contribution in [-0.2, 0) is 13.6 Å². The first-order valence-corrected chi connectivity index (χ1v) is 7.23. The molecule has 8 nitrogen and oxygen atoms in total. The third-order valence-corrected chi connectivity index (χ3v) is 3.90. The molecule has 4 aromatic rings. The number of hydrogen-bond donors (Lipinski definition) is 0. The van der Waals surface area contributed by atoms with Gasteiger partial charge in [0.25, 0.3) is 0 Å². The largest absolute Gasteiger partial charge is 0.271 e. The van der Waals surface area contributed by atoms with E-state index >= 15 is 0 Å². The number of aromatic nitrogens is 8. The summed E-state index contributed by atoms with van der Waals surface area (Å²) in [6, 6.07) is 0. The summed E-state index contributed by atoms with van der Waals surface area (Å²) in [5.74, 6) is 0.562. The van der Waals surface area contributed by atoms with Crippen LogP contribution in [0, 0.1) is 0 Å². The topological polar surface area (TPSA) is 78.7 Å². The number of halogens is 1. The Kier molecular flexibility index (Phi) is 2.58. The zero-order valence-corrected chi connectivity index (χ0v) is 13.0. The average molecular weight is 347 g/mol. The van der Waals surface area contributed by atoms with E-state index in [2.05, 4.69) is 41.2 Å². The molecule has 0 aliphatic rings. The minimum Gasteiger partial charge on any atom is -0.271 e. The van der Waals surface area contributed by atoms with Crippen molar-refractivity contribution in [2.45, 2.75) is 13.5 Å². The predicted octanol–water partition coefficient (Wildman–Crippen LogP) is 1.66. The predicted molar refractivity (Wildman–Crippen MR) is 79.6 cm³/mol. The highest BCUT2D eigenvalue weighted by Gasteiger charge is 2.16. The van der Waals surface area contributed by atoms with Gasteiger partial charge in [-0.25, -0.2) is 14.5 Å². The van der Waals surface area contributed by atoms with Crippen molar-refractivity contribution < 1.29 is 0 Å². The Balaban J connectivity index is 1.97. The third kappa shape index (κ3) is 1.77. The highest BCUT2D eigenvalue weighted by atomic mass is 79.9. The molecule has 0 saturated heterocycles. The van der Waals surface area contributed by atoms with Gasteiger partial charge in [-0.15, -0.1) is 5.10 Å². The number of aryl methyl sites for hydroxylation is 2. The first-order chi connectivity index (χ1) is 10.2. The highest BCUT2D eigenvalue weighted by Crippen LogP contribution is 2.25. The van der Waals surface area contributed by atoms with E-state index in [4.69, 9.17) is 0 Å². The number of fused-ring (bicyclic) bond motifs is 3. The molecule has 0 atom stereocenters. The van der Waals surface area contributed by atoms with Gasteiger partial charge in [0.05, 0.1) is 16.1 Å². The van der Waals surface area contributed by atoms with Gasteiger partial charge >= 0.3 is 0 Å². The van der Waals surface area contributed by atoms with Crippen LogP contribution >= 0.6 is 15.9 Å². The molecule has 0 fully saturated rings. The molecular formula is C12H11BrN8. The molecule has 0 aliphatic carbocycles. The van der Waals surface area contributed by atoms with Crippen LogP contribution in [0.15, 0.2) is 23.2 Å². The number of hydrogen-bond acceptors (Lipinski definition) is 5. The lowest BCUT2D eigenvalue weighted by Gasteiger charge is -1.93. The number of nitrogens with zero attached hydrogens (tertiary/aromatic N) is 8. The summed E-state index contributed by atoms with van der Waals surface area (Å²) >= 11 is 3.50. The molecular weight excluding hydrogens is 336 g/mol. The van der Waals surface area contributed by atoms with Crippen molar-refractivity contribution in [1.29, 1.82) is 0 Å². The first-order valence-electron chi connectivity index (χ1n) is 6.43. The number of rotatable bonds is 2. The Morgan fingerprint density at radius 1 is 1.24 bits per heavy atom. The van der Waals surface area contributed by atoms with Gasteiger partial charge in [0.2, 0.25) is 5.82 Å². The minimum absolute atomic E-state index is 0.562. The van der Waals surface area contributed by atoms with E-state index in [1.54, 1.807) is 21.7 Å². The summed E-state index contributed by atoms with van der Waals surface area (Å²) in [6.45, 7) is 2.82. The van der Waals surface area contributed by atoms with E-state index in [1.807, 2.05) is 24.9 Å². The zero-order valence-electron chi connectivity index (χ0n) is 11.4. The van der Waals surface area contributed by atoms with Crippen LogP contribution in [0.1, 0.15) is 6.92 Å². The molecule has 21 heavy (non-hydrogen) atoms. The van der Waals surface area contributed by atoms with Crippen LogP contribution in [0.4, 0.5) is 0 Å². The molecule has 0 N–H and O–H groups in total. The van der Waals surface area contributed by atoms with Crippen LogP contribution in [-0.4, -0.2) is 39.1 Å². The summed E-state index contributed by atoms with van der Waals surface area (Å²) in [7, 11) is 1.85. The summed E-state index contributed by atoms with van der Waals surface area (Å²) in [5.41, 5.74) is 2.22. The van der Waals surface area contributed by atoms with Gasteiger partial charge < -0.3 is 0 Å². The fourth-order valence-electron chi connectivity index (χ4n) is 2.25. The SMILES string of the molecule is CCn1cc(Br)c(-c2nc3c4cnn(C)c4ncn3n2)n1. The van der Waals surface area contributed by atoms with Gasteiger partial charge in [-0.2, -0.15) is 10.2 Å². The lowest BCUT2D eigenvalue weighted by Crippen LogP contribution is -1.95. The normalized spacial score (nSPS) is 11.8. The Morgan fingerprint density at radius 3 is 2.86 bits per heavy atom. The van der Waals surface area contributed by atoms with Crippen molar-refractivity contribution in [3.8, 4) is 11.5 Å². The van der Waals surface area contributed by atoms with Crippen molar-refractivity contribution >= 4 is 32.6 Å². The van der Waals surface area contributed by atoms with E-state index < -0.39 is 0 Å². The molecule has 106 valence electrons. The molecule has 4 aromatic heterocycles. The third-order valence-electron chi connectivity index (χ3n) is 3.32. The van der Waals surface area contributed by atoms with E-state index in [1.165, 1.54) is 0 Å². The van der Waals surface area contributed by atoms with E-state index in [0.29, 0.717) is 5.82 Å². The van der Waals surface area contributed by atoms with Gasteiger partial charge in [0, 0.05) is 19.8 Å². The minimum atomic E-state index is 0.562. The maximum atomic E-state index is 4.59. The molecule has 4 heterocycles. The Bertz CT molecular complexity index is 963. The monoisotopic (exact) mass is 346 g/mol. The second kappa shape index (κ2) is 4.35. The van der Waals surface area contributed by atoms with Gasteiger partial charge in [0.1, 0.15) is 12.0 Å². The zero-order chi connectivity index (χ0) is 14.6. The smallest absolute Gasteiger partial charge is 0.203 e. The Morgan fingerprint density at radius 2 is 2.10 bits per heavy atom. The lowest BCUT2D eigenvalue weighted by molar-refractivity contribution is 0.660. The highest BCUT2D eigenvalue weighted by molar-refractivity contribution is 9.10. The Labute approximate surface area is 127 Å². The van der Waals surface area contributed by atoms with Gasteiger partial charge in [-0.05, 0) is 22.9 Å². The summed E-state index contributed by atoms with van der Waals surface area (Å²) in [4.78, 5) is 8.93. The van der Waals surface area contributed by atoms with Crippen molar-refractivity contribution in [1.82, 2.24) is 39.1 Å². The average Bonchev–Trinajstić information content (AvgIpc) is 3.15. The molecule has 0 unspecified atom stereocenters. The fourth-order valence-corrected chi connectivity index (χ4v) is 2.74. The lowest BCUT2D eigenvalue weighted by atomic mass is 10.4. The first kappa shape index (κ1) is 12.5. The standard InChI is InChI=1S/C12H11BrN8/c1-3-20-5-8(13)9(17-20)10-16-12-7-4-15-19(2)11(7)14-6-21(12)18-10/h4-6H,3H2,1-2H3. The Hall–Kier alpha value is -2.29. The molecule has 0 aromatic carbocycles. The van der Waals surface area contributed by atoms with E-state index in [9.17, 15) is 0 Å². The maximum Gasteiger partial charge on any atom is 0.203 e. The molecule has 0 aliphatic heterocycles. The quantitative estimate of drug-likeness (QED) is 0.551. The summed E-state index contributed by atoms with van der Waals surface area (Å²) < 4.78 is 6.07. The van der Waals surface area contributed by atoms with Crippen LogP contribution in [0.5, 0.6) is 0 Å². The van der Waals surface area contributed by atoms with E-state index in [-0.39, 0.29) is 0 Å². The van der Waals surface area contributed by atoms with Crippen molar-refractivity contribution in [2.24, 2.45) is 7.05 Å². The molecule has 9 heteroatoms. The van der Waals surface area contributed by atoms with Crippen LogP contribution in [0.3, 0.4) is 0 Å². The fraction of sp³-hybridized carbons (Fsp3) is 0.250. The molecule has 0 bridgehead atoms. The van der Waals surface area contributed by atoms with Gasteiger partial charge in [-0.1, -0.05) is 0 Å². The van der Waals surface area contributed by atoms with Crippen LogP contribution in [0.25, 0.3) is 28.2 Å². The summed E-state index contributed by atoms with van der Waals surface area (Å²) in [5, 5.41) is 14.0. The van der Waals surface area contributed by atoms with E-state index in [0.717, 1.165) is 33.4 Å². The van der Waals surface area contributed by atoms with Crippen molar-refractivity contribution in [3.05, 3.63) is 23.2 Å². The van der Waals surface area contributed by atoms with Gasteiger partial charge in [0.15, 0.2) is 11.3 Å². The molecule has 0 spiro atoms. The van der Waals surface area contributed by atoms with Crippen molar-refractivity contribution in [2.75, 3.05) is 0 Å². The van der Waals surface area contributed by atoms with Crippen LogP contribution in [0.2, 0.25) is 0 Å². The summed E-state index contributed by atoms with van der Waals surface area (Å²) in [6.07, 6.45) is 5.30. The molecule has 0 saturated carbocycles. The second-order valence-corrected chi connectivity index (χ2v) is 5.49. The molecule has 4 rings (SSSR count).